The van der Waals surface area contributed by atoms with E-state index in [0.717, 1.165) is 54.1 Å². The monoisotopic (exact) mass is 768 g/mol. The topological polar surface area (TPSA) is 47.3 Å². The summed E-state index contributed by atoms with van der Waals surface area (Å²) in [5.74, 6) is 0. The van der Waals surface area contributed by atoms with Crippen LogP contribution in [0, 0.1) is 0 Å². The molecule has 1 aromatic heterocycles. The summed E-state index contributed by atoms with van der Waals surface area (Å²) in [5.41, 5.74) is 0.667. The highest BCUT2D eigenvalue weighted by Crippen LogP contribution is 2.78. The van der Waals surface area contributed by atoms with E-state index in [0.29, 0.717) is 0 Å². The molecule has 1 heterocycles. The van der Waals surface area contributed by atoms with Crippen LogP contribution in [-0.4, -0.2) is 0 Å². The number of fused-ring (bicyclic) bond motifs is 6. The highest BCUT2D eigenvalue weighted by atomic mass is 16.4. The van der Waals surface area contributed by atoms with Gasteiger partial charge in [-0.3, -0.25) is 4.79 Å². The molecule has 0 fully saturated rings. The van der Waals surface area contributed by atoms with Crippen LogP contribution in [0.2, 0.25) is 0 Å². The van der Waals surface area contributed by atoms with Gasteiger partial charge in [0.05, 0.1) is 5.39 Å². The van der Waals surface area contributed by atoms with Gasteiger partial charge in [-0.25, -0.2) is 4.79 Å². The van der Waals surface area contributed by atoms with Crippen molar-refractivity contribution in [2.24, 2.45) is 0 Å². The highest BCUT2D eigenvalue weighted by molar-refractivity contribution is 6.83. The molecular formula is C60O3. The molecule has 0 aliphatic carbocycles. The van der Waals surface area contributed by atoms with Gasteiger partial charge in [-0.2, -0.15) is 0 Å². The van der Waals surface area contributed by atoms with Crippen molar-refractivity contribution >= 4 is 313 Å². The molecule has 3 heteroatoms. The summed E-state index contributed by atoms with van der Waals surface area (Å²) >= 11 is 0. The Morgan fingerprint density at radius 3 is 0.476 bits per heavy atom. The number of hydrogen-bond acceptors (Lipinski definition) is 3. The minimum atomic E-state index is -0.234. The summed E-state index contributed by atoms with van der Waals surface area (Å²) in [5, 5.41) is 77.2. The standard InChI is InChI=1S/C60O3/c61-58-53-45-36-26-16-8-2-1-3-4-6-5(2)14-20(16)31(36)38-32-21(14)15(6)24-23-13(4)18-10(3)12-11-7(1)9(8)17-22-19(11)28-25(12)30-29(18)39-34(23)43-35(24)41(32)50(47(38)53)57-52(43)56-49(39)44(30)48-40(28)42-33(22)37(27(17)26)46(45)54(58)51(42)55(48)59(56)63-60(57)62. The minimum Gasteiger partial charge on any atom is -0.422 e. The van der Waals surface area contributed by atoms with Gasteiger partial charge in [0, 0.05) is 302 Å². The Bertz CT molecular complexity index is 7420. The Hall–Kier alpha value is -8.40. The Morgan fingerprint density at radius 2 is 0.270 bits per heavy atom. The number of hydrogen-bond donors (Lipinski definition) is 0. The van der Waals surface area contributed by atoms with Gasteiger partial charge in [0.15, 0.2) is 5.43 Å². The van der Waals surface area contributed by atoms with Crippen LogP contribution in [0.25, 0.3) is 313 Å². The fourth-order valence-electron chi connectivity index (χ4n) is 21.7. The van der Waals surface area contributed by atoms with E-state index >= 15 is 9.59 Å². The number of benzene rings is 18. The lowest BCUT2D eigenvalue weighted by Crippen LogP contribution is -2.02. The maximum absolute atomic E-state index is 16.7. The predicted molar refractivity (Wildman–Crippen MR) is 266 cm³/mol. The maximum Gasteiger partial charge on any atom is 0.344 e. The molecule has 0 aliphatic rings. The normalized spacial score (nSPS) is 17.3. The fourth-order valence-corrected chi connectivity index (χ4v) is 21.7. The highest BCUT2D eigenvalue weighted by Gasteiger charge is 2.50. The molecule has 0 amide bonds. The van der Waals surface area contributed by atoms with Gasteiger partial charge >= 0.3 is 5.63 Å². The van der Waals surface area contributed by atoms with Gasteiger partial charge in [0.25, 0.3) is 0 Å². The third-order valence-corrected chi connectivity index (χ3v) is 22.1. The lowest BCUT2D eigenvalue weighted by atomic mass is 9.86. The zero-order valence-corrected chi connectivity index (χ0v) is 31.2. The van der Waals surface area contributed by atoms with Crippen LogP contribution < -0.4 is 11.1 Å². The predicted octanol–water partition coefficient (Wildman–Crippen LogP) is 16.0. The van der Waals surface area contributed by atoms with Gasteiger partial charge in [-0.15, -0.1) is 0 Å². The molecule has 258 valence electrons. The Balaban J connectivity index is 1.36. The van der Waals surface area contributed by atoms with Crippen molar-refractivity contribution in [1.29, 1.82) is 0 Å². The Labute approximate surface area is 336 Å². The average Bonchev–Trinajstić information content (AvgIpc) is 4.14. The van der Waals surface area contributed by atoms with Gasteiger partial charge < -0.3 is 4.42 Å². The van der Waals surface area contributed by atoms with E-state index in [2.05, 4.69) is 0 Å². The number of rotatable bonds is 0. The van der Waals surface area contributed by atoms with E-state index in [1.165, 1.54) is 248 Å². The molecule has 30 aromatic rings. The summed E-state index contributed by atoms with van der Waals surface area (Å²) in [6, 6.07) is 0. The molecule has 63 heavy (non-hydrogen) atoms. The molecule has 0 saturated carbocycles. The van der Waals surface area contributed by atoms with Crippen LogP contribution in [0.4, 0.5) is 0 Å². The van der Waals surface area contributed by atoms with Crippen LogP contribution in [0.1, 0.15) is 0 Å². The molecular weight excluding hydrogens is 769 g/mol. The minimum absolute atomic E-state index is 0.174. The smallest absolute Gasteiger partial charge is 0.344 e. The second kappa shape index (κ2) is 4.98. The van der Waals surface area contributed by atoms with Crippen molar-refractivity contribution in [3.63, 3.8) is 0 Å². The van der Waals surface area contributed by atoms with Gasteiger partial charge in [0.1, 0.15) is 5.58 Å². The third kappa shape index (κ3) is 1.18. The molecule has 0 spiro atoms. The van der Waals surface area contributed by atoms with Crippen LogP contribution in [-0.2, 0) is 0 Å². The zero-order valence-electron chi connectivity index (χ0n) is 31.2. The molecule has 30 rings (SSSR count). The van der Waals surface area contributed by atoms with E-state index in [4.69, 9.17) is 4.42 Å². The van der Waals surface area contributed by atoms with Gasteiger partial charge in [0.2, 0.25) is 0 Å². The fraction of sp³-hybridized carbons (Fsp3) is 0. The van der Waals surface area contributed by atoms with Crippen molar-refractivity contribution in [3.8, 4) is 0 Å². The molecule has 0 bridgehead atoms. The summed E-state index contributed by atoms with van der Waals surface area (Å²) in [6.07, 6.45) is 0. The van der Waals surface area contributed by atoms with Gasteiger partial charge in [-0.1, -0.05) is 0 Å². The van der Waals surface area contributed by atoms with Crippen molar-refractivity contribution in [3.05, 3.63) is 20.6 Å². The SMILES string of the molecule is O=c1oc2c3c4c5c(=O)c6c7c8c1c1c2c2c9c3c3c4c4c%10c5c6c5c6c7c7c8c8c1c1c2c2c9c9c3c3c4c4c%10c5c5c6c6c7c7c8c1c1c2c2c9c3c3c4c5c4c6c7c1c2c34. The zero-order chi connectivity index (χ0) is 37.3. The Morgan fingerprint density at radius 1 is 0.143 bits per heavy atom. The van der Waals surface area contributed by atoms with E-state index < -0.39 is 0 Å². The molecule has 0 unspecified atom stereocenters. The van der Waals surface area contributed by atoms with Gasteiger partial charge in [-0.05, 0) is 0 Å². The first-order chi connectivity index (χ1) is 31.3. The Kier molecular flexibility index (Phi) is 1.77. The van der Waals surface area contributed by atoms with E-state index in [1.54, 1.807) is 10.8 Å². The summed E-state index contributed by atoms with van der Waals surface area (Å²) in [4.78, 5) is 32.5. The molecule has 0 aliphatic heterocycles. The van der Waals surface area contributed by atoms with Crippen LogP contribution in [0.3, 0.4) is 0 Å². The van der Waals surface area contributed by atoms with E-state index in [-0.39, 0.29) is 11.1 Å². The van der Waals surface area contributed by atoms with E-state index in [1.807, 2.05) is 0 Å². The van der Waals surface area contributed by atoms with Crippen molar-refractivity contribution < 1.29 is 4.42 Å². The average molecular weight is 769 g/mol. The first kappa shape index (κ1) is 22.4. The summed E-state index contributed by atoms with van der Waals surface area (Å²) in [6.45, 7) is 0. The third-order valence-electron chi connectivity index (χ3n) is 22.1. The quantitative estimate of drug-likeness (QED) is 0.0877. The molecule has 0 atom stereocenters. The van der Waals surface area contributed by atoms with Crippen molar-refractivity contribution in [1.82, 2.24) is 0 Å². The van der Waals surface area contributed by atoms with Crippen molar-refractivity contribution in [2.45, 2.75) is 0 Å². The van der Waals surface area contributed by atoms with Crippen molar-refractivity contribution in [2.75, 3.05) is 0 Å². The molecule has 3 nitrogen and oxygen atoms in total. The first-order valence-electron chi connectivity index (χ1n) is 22.8. The summed E-state index contributed by atoms with van der Waals surface area (Å²) < 4.78 is 7.18. The second-order valence-corrected chi connectivity index (χ2v) is 22.4. The largest absolute Gasteiger partial charge is 0.422 e. The maximum atomic E-state index is 16.7. The molecule has 0 saturated heterocycles. The van der Waals surface area contributed by atoms with E-state index in [9.17, 15) is 0 Å². The molecule has 0 radical (unpaired) electrons. The lowest BCUT2D eigenvalue weighted by molar-refractivity contribution is 0.574. The van der Waals surface area contributed by atoms with Crippen LogP contribution >= 0.6 is 0 Å². The second-order valence-electron chi connectivity index (χ2n) is 22.4. The first-order valence-corrected chi connectivity index (χ1v) is 22.8. The lowest BCUT2D eigenvalue weighted by Gasteiger charge is -2.16. The van der Waals surface area contributed by atoms with Crippen LogP contribution in [0.15, 0.2) is 14.0 Å². The van der Waals surface area contributed by atoms with Crippen LogP contribution in [0.5, 0.6) is 0 Å². The molecule has 29 aromatic carbocycles. The molecule has 0 N–H and O–H groups in total. The summed E-state index contributed by atoms with van der Waals surface area (Å²) in [7, 11) is 0.